The number of hydrogen-bond donors (Lipinski definition) is 1. The molecule has 7 nitrogen and oxygen atoms in total. The minimum absolute atomic E-state index is 0.0282. The van der Waals surface area contributed by atoms with Gasteiger partial charge in [-0.1, -0.05) is 18.2 Å². The molecule has 1 N–H and O–H groups in total. The molecule has 0 aliphatic carbocycles. The van der Waals surface area contributed by atoms with E-state index in [1.807, 2.05) is 67.3 Å². The second-order valence-electron chi connectivity index (χ2n) is 8.72. The van der Waals surface area contributed by atoms with Crippen LogP contribution in [0.2, 0.25) is 0 Å². The Kier molecular flexibility index (Phi) is 6.96. The molecule has 4 rings (SSSR count). The Balaban J connectivity index is 1.29. The normalized spacial score (nSPS) is 19.0. The first kappa shape index (κ1) is 22.8. The molecule has 0 radical (unpaired) electrons. The maximum atomic E-state index is 13.1. The Labute approximate surface area is 194 Å². The van der Waals surface area contributed by atoms with Crippen LogP contribution in [0.1, 0.15) is 42.1 Å². The molecule has 2 aliphatic rings. The molecule has 0 saturated carbocycles. The molecule has 2 saturated heterocycles. The Morgan fingerprint density at radius 1 is 1.06 bits per heavy atom. The van der Waals surface area contributed by atoms with Gasteiger partial charge in [0.25, 0.3) is 5.91 Å². The summed E-state index contributed by atoms with van der Waals surface area (Å²) in [5.41, 5.74) is 2.43. The molecule has 2 aliphatic heterocycles. The molecule has 2 aromatic rings. The zero-order valence-corrected chi connectivity index (χ0v) is 19.3. The molecule has 2 aromatic carbocycles. The van der Waals surface area contributed by atoms with E-state index in [9.17, 15) is 14.4 Å². The number of ether oxygens (including phenoxy) is 1. The van der Waals surface area contributed by atoms with E-state index in [1.165, 1.54) is 0 Å². The second kappa shape index (κ2) is 10.1. The van der Waals surface area contributed by atoms with Crippen molar-refractivity contribution in [2.45, 2.75) is 39.2 Å². The summed E-state index contributed by atoms with van der Waals surface area (Å²) in [5.74, 6) is 0.365. The third kappa shape index (κ3) is 5.18. The van der Waals surface area contributed by atoms with Gasteiger partial charge in [-0.15, -0.1) is 0 Å². The van der Waals surface area contributed by atoms with E-state index in [2.05, 4.69) is 5.32 Å². The Morgan fingerprint density at radius 2 is 1.76 bits per heavy atom. The smallest absolute Gasteiger partial charge is 0.251 e. The van der Waals surface area contributed by atoms with Gasteiger partial charge >= 0.3 is 0 Å². The van der Waals surface area contributed by atoms with Gasteiger partial charge in [-0.2, -0.15) is 0 Å². The van der Waals surface area contributed by atoms with Crippen LogP contribution in [0, 0.1) is 12.8 Å². The van der Waals surface area contributed by atoms with Crippen LogP contribution in [-0.2, 0) is 9.59 Å². The lowest BCUT2D eigenvalue weighted by molar-refractivity contribution is -0.136. The van der Waals surface area contributed by atoms with Gasteiger partial charge in [-0.25, -0.2) is 0 Å². The summed E-state index contributed by atoms with van der Waals surface area (Å²) >= 11 is 0. The van der Waals surface area contributed by atoms with Gasteiger partial charge in [-0.3, -0.25) is 14.4 Å². The molecule has 2 heterocycles. The maximum absolute atomic E-state index is 13.1. The largest absolute Gasteiger partial charge is 0.494 e. The van der Waals surface area contributed by atoms with Crippen molar-refractivity contribution in [1.29, 1.82) is 0 Å². The number of nitrogens with zero attached hydrogens (tertiary/aromatic N) is 2. The van der Waals surface area contributed by atoms with Crippen molar-refractivity contribution in [3.05, 3.63) is 59.7 Å². The van der Waals surface area contributed by atoms with Crippen LogP contribution in [0.5, 0.6) is 5.75 Å². The third-order valence-electron chi connectivity index (χ3n) is 6.47. The third-order valence-corrected chi connectivity index (χ3v) is 6.47. The number of piperidine rings is 1. The molecule has 0 bridgehead atoms. The van der Waals surface area contributed by atoms with Crippen molar-refractivity contribution >= 4 is 23.4 Å². The van der Waals surface area contributed by atoms with Crippen LogP contribution in [-0.4, -0.2) is 54.9 Å². The highest BCUT2D eigenvalue weighted by Gasteiger charge is 2.38. The molecule has 7 heteroatoms. The number of aryl methyl sites for hydroxylation is 1. The fraction of sp³-hybridized carbons (Fsp3) is 0.423. The monoisotopic (exact) mass is 449 g/mol. The lowest BCUT2D eigenvalue weighted by Gasteiger charge is -2.34. The quantitative estimate of drug-likeness (QED) is 0.735. The Morgan fingerprint density at radius 3 is 2.42 bits per heavy atom. The summed E-state index contributed by atoms with van der Waals surface area (Å²) in [6.07, 6.45) is 1.66. The average molecular weight is 450 g/mol. The highest BCUT2D eigenvalue weighted by atomic mass is 16.5. The van der Waals surface area contributed by atoms with Gasteiger partial charge in [0.1, 0.15) is 5.75 Å². The number of carbonyl (C=O) groups excluding carboxylic acids is 3. The fourth-order valence-electron chi connectivity index (χ4n) is 4.60. The fourth-order valence-corrected chi connectivity index (χ4v) is 4.60. The van der Waals surface area contributed by atoms with Crippen molar-refractivity contribution in [3.63, 3.8) is 0 Å². The Hall–Kier alpha value is -3.35. The molecule has 1 unspecified atom stereocenters. The van der Waals surface area contributed by atoms with Crippen LogP contribution >= 0.6 is 0 Å². The van der Waals surface area contributed by atoms with Gasteiger partial charge in [0.2, 0.25) is 11.8 Å². The predicted molar refractivity (Wildman–Crippen MR) is 126 cm³/mol. The van der Waals surface area contributed by atoms with E-state index in [0.29, 0.717) is 44.6 Å². The number of benzene rings is 2. The molecular weight excluding hydrogens is 418 g/mol. The van der Waals surface area contributed by atoms with E-state index >= 15 is 0 Å². The lowest BCUT2D eigenvalue weighted by atomic mass is 10.0. The van der Waals surface area contributed by atoms with Crippen LogP contribution in [0.15, 0.2) is 48.5 Å². The van der Waals surface area contributed by atoms with Gasteiger partial charge in [-0.05, 0) is 62.6 Å². The topological polar surface area (TPSA) is 79.0 Å². The second-order valence-corrected chi connectivity index (χ2v) is 8.72. The summed E-state index contributed by atoms with van der Waals surface area (Å²) in [6, 6.07) is 15.0. The minimum atomic E-state index is -0.331. The zero-order chi connectivity index (χ0) is 23.4. The van der Waals surface area contributed by atoms with Crippen LogP contribution in [0.25, 0.3) is 0 Å². The first-order valence-electron chi connectivity index (χ1n) is 11.6. The van der Waals surface area contributed by atoms with Crippen molar-refractivity contribution < 1.29 is 19.1 Å². The number of rotatable bonds is 6. The average Bonchev–Trinajstić information content (AvgIpc) is 3.21. The van der Waals surface area contributed by atoms with E-state index in [1.54, 1.807) is 4.90 Å². The molecule has 3 amide bonds. The Bertz CT molecular complexity index is 1010. The SMILES string of the molecule is CCOc1ccc(N2CC(C(=O)N3CCC(NC(=O)c4ccccc4C)CC3)CC2=O)cc1. The van der Waals surface area contributed by atoms with Gasteiger partial charge < -0.3 is 19.9 Å². The lowest BCUT2D eigenvalue weighted by Crippen LogP contribution is -2.48. The standard InChI is InChI=1S/C26H31N3O4/c1-3-33-22-10-8-21(9-11-22)29-17-19(16-24(29)30)26(32)28-14-12-20(13-15-28)27-25(31)23-7-5-4-6-18(23)2/h4-11,19-20H,3,12-17H2,1-2H3,(H,27,31). The van der Waals surface area contributed by atoms with E-state index < -0.39 is 0 Å². The zero-order valence-electron chi connectivity index (χ0n) is 19.3. The molecule has 0 spiro atoms. The minimum Gasteiger partial charge on any atom is -0.494 e. The van der Waals surface area contributed by atoms with Gasteiger partial charge in [0.05, 0.1) is 12.5 Å². The highest BCUT2D eigenvalue weighted by Crippen LogP contribution is 2.28. The van der Waals surface area contributed by atoms with E-state index in [-0.39, 0.29) is 36.1 Å². The summed E-state index contributed by atoms with van der Waals surface area (Å²) < 4.78 is 5.46. The molecule has 174 valence electrons. The van der Waals surface area contributed by atoms with Crippen LogP contribution < -0.4 is 15.0 Å². The summed E-state index contributed by atoms with van der Waals surface area (Å²) in [7, 11) is 0. The van der Waals surface area contributed by atoms with Crippen molar-refractivity contribution in [3.8, 4) is 5.75 Å². The van der Waals surface area contributed by atoms with Gasteiger partial charge in [0, 0.05) is 43.3 Å². The summed E-state index contributed by atoms with van der Waals surface area (Å²) in [5, 5.41) is 3.10. The summed E-state index contributed by atoms with van der Waals surface area (Å²) in [6.45, 7) is 6.02. The summed E-state index contributed by atoms with van der Waals surface area (Å²) in [4.78, 5) is 41.8. The van der Waals surface area contributed by atoms with Crippen LogP contribution in [0.3, 0.4) is 0 Å². The van der Waals surface area contributed by atoms with Crippen molar-refractivity contribution in [2.75, 3.05) is 31.1 Å². The molecule has 33 heavy (non-hydrogen) atoms. The first-order valence-corrected chi connectivity index (χ1v) is 11.6. The van der Waals surface area contributed by atoms with E-state index in [0.717, 1.165) is 17.0 Å². The van der Waals surface area contributed by atoms with E-state index in [4.69, 9.17) is 4.74 Å². The molecule has 2 fully saturated rings. The van der Waals surface area contributed by atoms with Crippen molar-refractivity contribution in [2.24, 2.45) is 5.92 Å². The van der Waals surface area contributed by atoms with Crippen molar-refractivity contribution in [1.82, 2.24) is 10.2 Å². The predicted octanol–water partition coefficient (Wildman–Crippen LogP) is 3.17. The molecule has 1 atom stereocenters. The highest BCUT2D eigenvalue weighted by molar-refractivity contribution is 6.00. The molecular formula is C26H31N3O4. The number of hydrogen-bond acceptors (Lipinski definition) is 4. The number of carbonyl (C=O) groups is 3. The van der Waals surface area contributed by atoms with Crippen LogP contribution in [0.4, 0.5) is 5.69 Å². The number of nitrogens with one attached hydrogen (secondary N) is 1. The maximum Gasteiger partial charge on any atom is 0.251 e. The first-order chi connectivity index (χ1) is 16.0. The molecule has 0 aromatic heterocycles. The number of anilines is 1. The van der Waals surface area contributed by atoms with Gasteiger partial charge in [0.15, 0.2) is 0 Å². The number of amides is 3. The number of likely N-dealkylation sites (tertiary alicyclic amines) is 1.